The number of carbonyl (C=O) groups excluding carboxylic acids is 2. The molecule has 172 valence electrons. The Kier molecular flexibility index (Phi) is 7.94. The summed E-state index contributed by atoms with van der Waals surface area (Å²) in [6.07, 6.45) is 3.41. The van der Waals surface area contributed by atoms with Crippen molar-refractivity contribution < 1.29 is 19.1 Å². The Morgan fingerprint density at radius 1 is 1.06 bits per heavy atom. The summed E-state index contributed by atoms with van der Waals surface area (Å²) in [5, 5.41) is 3.38. The lowest BCUT2D eigenvalue weighted by Gasteiger charge is -2.43. The van der Waals surface area contributed by atoms with E-state index in [0.717, 1.165) is 31.2 Å². The lowest BCUT2D eigenvalue weighted by Crippen LogP contribution is -2.54. The van der Waals surface area contributed by atoms with E-state index < -0.39 is 5.60 Å². The quantitative estimate of drug-likeness (QED) is 0.722. The van der Waals surface area contributed by atoms with Crippen molar-refractivity contribution in [3.05, 3.63) is 35.9 Å². The number of amides is 2. The molecule has 1 heterocycles. The van der Waals surface area contributed by atoms with Crippen LogP contribution in [0.15, 0.2) is 30.3 Å². The number of hydrogen-bond donors (Lipinski definition) is 1. The summed E-state index contributed by atoms with van der Waals surface area (Å²) >= 11 is 0. The summed E-state index contributed by atoms with van der Waals surface area (Å²) in [6.45, 7) is 7.64. The first kappa shape index (κ1) is 23.5. The predicted octanol–water partition coefficient (Wildman–Crippen LogP) is 3.56. The van der Waals surface area contributed by atoms with Gasteiger partial charge in [0, 0.05) is 38.7 Å². The van der Waals surface area contributed by atoms with Gasteiger partial charge in [0.05, 0.1) is 12.8 Å². The van der Waals surface area contributed by atoms with E-state index >= 15 is 0 Å². The lowest BCUT2D eigenvalue weighted by atomic mass is 9.84. The Morgan fingerprint density at radius 3 is 2.35 bits per heavy atom. The van der Waals surface area contributed by atoms with Crippen LogP contribution in [0.3, 0.4) is 0 Å². The third-order valence-electron chi connectivity index (χ3n) is 6.09. The van der Waals surface area contributed by atoms with Gasteiger partial charge in [-0.3, -0.25) is 10.1 Å². The van der Waals surface area contributed by atoms with E-state index in [1.807, 2.05) is 56.0 Å². The van der Waals surface area contributed by atoms with Gasteiger partial charge < -0.3 is 19.3 Å². The summed E-state index contributed by atoms with van der Waals surface area (Å²) in [5.41, 5.74) is 0.515. The molecule has 7 nitrogen and oxygen atoms in total. The SMILES string of the molecule is COCNC1CCC(C(=O)N2CCN(C(=O)OC(C)(C)C)C[C@@H]2c2ccccc2)CC1. The molecule has 1 aromatic carbocycles. The summed E-state index contributed by atoms with van der Waals surface area (Å²) in [6, 6.07) is 10.3. The van der Waals surface area contributed by atoms with Crippen LogP contribution >= 0.6 is 0 Å². The van der Waals surface area contributed by atoms with Crippen LogP contribution in [0.4, 0.5) is 4.79 Å². The van der Waals surface area contributed by atoms with E-state index in [4.69, 9.17) is 9.47 Å². The van der Waals surface area contributed by atoms with Gasteiger partial charge in [-0.2, -0.15) is 0 Å². The first-order valence-electron chi connectivity index (χ1n) is 11.3. The summed E-state index contributed by atoms with van der Waals surface area (Å²) < 4.78 is 10.7. The van der Waals surface area contributed by atoms with Crippen molar-refractivity contribution in [2.45, 2.75) is 64.1 Å². The molecule has 0 radical (unpaired) electrons. The second-order valence-electron chi connectivity index (χ2n) is 9.57. The minimum atomic E-state index is -0.540. The predicted molar refractivity (Wildman–Crippen MR) is 119 cm³/mol. The molecule has 0 aromatic heterocycles. The maximum absolute atomic E-state index is 13.5. The number of nitrogens with one attached hydrogen (secondary N) is 1. The minimum Gasteiger partial charge on any atom is -0.444 e. The molecule has 1 saturated carbocycles. The number of piperazine rings is 1. The van der Waals surface area contributed by atoms with Crippen molar-refractivity contribution in [1.29, 1.82) is 0 Å². The van der Waals surface area contributed by atoms with Crippen LogP contribution in [0, 0.1) is 5.92 Å². The molecular weight excluding hydrogens is 394 g/mol. The molecular formula is C24H37N3O4. The Bertz CT molecular complexity index is 726. The Balaban J connectivity index is 1.69. The molecule has 2 aliphatic rings. The van der Waals surface area contributed by atoms with Crippen molar-refractivity contribution in [3.63, 3.8) is 0 Å². The van der Waals surface area contributed by atoms with E-state index in [0.29, 0.717) is 32.4 Å². The van der Waals surface area contributed by atoms with Crippen LogP contribution in [0.5, 0.6) is 0 Å². The van der Waals surface area contributed by atoms with Crippen LogP contribution in [0.25, 0.3) is 0 Å². The van der Waals surface area contributed by atoms with Crippen LogP contribution in [-0.4, -0.2) is 66.9 Å². The fourth-order valence-corrected chi connectivity index (χ4v) is 4.48. The number of carbonyl (C=O) groups is 2. The van der Waals surface area contributed by atoms with Gasteiger partial charge in [0.2, 0.25) is 5.91 Å². The normalized spacial score (nSPS) is 24.7. The highest BCUT2D eigenvalue weighted by molar-refractivity contribution is 5.80. The average molecular weight is 432 g/mol. The van der Waals surface area contributed by atoms with Crippen molar-refractivity contribution in [1.82, 2.24) is 15.1 Å². The fraction of sp³-hybridized carbons (Fsp3) is 0.667. The lowest BCUT2D eigenvalue weighted by molar-refractivity contribution is -0.142. The number of rotatable bonds is 5. The molecule has 1 saturated heterocycles. The third kappa shape index (κ3) is 6.43. The number of methoxy groups -OCH3 is 1. The zero-order valence-corrected chi connectivity index (χ0v) is 19.3. The van der Waals surface area contributed by atoms with Crippen LogP contribution in [0.2, 0.25) is 0 Å². The highest BCUT2D eigenvalue weighted by Crippen LogP contribution is 2.32. The smallest absolute Gasteiger partial charge is 0.410 e. The molecule has 1 atom stereocenters. The fourth-order valence-electron chi connectivity index (χ4n) is 4.48. The largest absolute Gasteiger partial charge is 0.444 e. The van der Waals surface area contributed by atoms with E-state index in [-0.39, 0.29) is 24.0 Å². The van der Waals surface area contributed by atoms with Gasteiger partial charge in [0.1, 0.15) is 5.60 Å². The minimum absolute atomic E-state index is 0.0416. The van der Waals surface area contributed by atoms with Crippen LogP contribution in [-0.2, 0) is 14.3 Å². The number of ether oxygens (including phenoxy) is 2. The second kappa shape index (κ2) is 10.5. The number of nitrogens with zero attached hydrogens (tertiary/aromatic N) is 2. The second-order valence-corrected chi connectivity index (χ2v) is 9.57. The van der Waals surface area contributed by atoms with E-state index in [1.54, 1.807) is 12.0 Å². The van der Waals surface area contributed by atoms with E-state index in [2.05, 4.69) is 5.32 Å². The van der Waals surface area contributed by atoms with E-state index in [1.165, 1.54) is 0 Å². The maximum Gasteiger partial charge on any atom is 0.410 e. The van der Waals surface area contributed by atoms with Gasteiger partial charge in [-0.15, -0.1) is 0 Å². The van der Waals surface area contributed by atoms with Gasteiger partial charge >= 0.3 is 6.09 Å². The maximum atomic E-state index is 13.5. The molecule has 3 rings (SSSR count). The summed E-state index contributed by atoms with van der Waals surface area (Å²) in [4.78, 5) is 29.9. The zero-order valence-electron chi connectivity index (χ0n) is 19.3. The van der Waals surface area contributed by atoms with Crippen molar-refractivity contribution in [2.24, 2.45) is 5.92 Å². The van der Waals surface area contributed by atoms with Gasteiger partial charge in [0.25, 0.3) is 0 Å². The Labute approximate surface area is 186 Å². The molecule has 0 bridgehead atoms. The molecule has 2 fully saturated rings. The zero-order chi connectivity index (χ0) is 22.4. The number of benzene rings is 1. The van der Waals surface area contributed by atoms with Gasteiger partial charge in [-0.1, -0.05) is 30.3 Å². The molecule has 1 N–H and O–H groups in total. The molecule has 0 spiro atoms. The third-order valence-corrected chi connectivity index (χ3v) is 6.09. The molecule has 1 aliphatic carbocycles. The Hall–Kier alpha value is -2.12. The van der Waals surface area contributed by atoms with Gasteiger partial charge in [-0.25, -0.2) is 4.79 Å². The molecule has 1 aliphatic heterocycles. The summed E-state index contributed by atoms with van der Waals surface area (Å²) in [5.74, 6) is 0.253. The van der Waals surface area contributed by atoms with Crippen molar-refractivity contribution in [3.8, 4) is 0 Å². The molecule has 2 amide bonds. The monoisotopic (exact) mass is 431 g/mol. The Morgan fingerprint density at radius 2 is 1.74 bits per heavy atom. The highest BCUT2D eigenvalue weighted by Gasteiger charge is 2.38. The first-order chi connectivity index (χ1) is 14.8. The van der Waals surface area contributed by atoms with Crippen molar-refractivity contribution >= 4 is 12.0 Å². The van der Waals surface area contributed by atoms with Crippen LogP contribution in [0.1, 0.15) is 58.1 Å². The van der Waals surface area contributed by atoms with Gasteiger partial charge in [-0.05, 0) is 52.0 Å². The van der Waals surface area contributed by atoms with Crippen LogP contribution < -0.4 is 5.32 Å². The van der Waals surface area contributed by atoms with Crippen molar-refractivity contribution in [2.75, 3.05) is 33.5 Å². The van der Waals surface area contributed by atoms with Gasteiger partial charge in [0.15, 0.2) is 0 Å². The molecule has 31 heavy (non-hydrogen) atoms. The topological polar surface area (TPSA) is 71.1 Å². The summed E-state index contributed by atoms with van der Waals surface area (Å²) in [7, 11) is 1.68. The number of hydrogen-bond acceptors (Lipinski definition) is 5. The highest BCUT2D eigenvalue weighted by atomic mass is 16.6. The molecule has 7 heteroatoms. The molecule has 0 unspecified atom stereocenters. The standard InChI is InChI=1S/C24H37N3O4/c1-24(2,3)31-23(29)26-14-15-27(21(16-26)18-8-6-5-7-9-18)22(28)19-10-12-20(13-11-19)25-17-30-4/h5-9,19-21,25H,10-17H2,1-4H3/t19?,20?,21-/m1/s1. The molecule has 1 aromatic rings. The first-order valence-corrected chi connectivity index (χ1v) is 11.3. The average Bonchev–Trinajstić information content (AvgIpc) is 2.76. The van der Waals surface area contributed by atoms with E-state index in [9.17, 15) is 9.59 Å².